The fourth-order valence-corrected chi connectivity index (χ4v) is 3.41. The van der Waals surface area contributed by atoms with Crippen molar-refractivity contribution in [3.8, 4) is 5.75 Å². The van der Waals surface area contributed by atoms with Crippen molar-refractivity contribution < 1.29 is 24.5 Å². The zero-order chi connectivity index (χ0) is 21.3. The van der Waals surface area contributed by atoms with Crippen LogP contribution in [-0.4, -0.2) is 73.7 Å². The monoisotopic (exact) mass is 414 g/mol. The molecule has 11 heteroatoms. The van der Waals surface area contributed by atoms with Crippen molar-refractivity contribution in [2.24, 2.45) is 0 Å². The fraction of sp³-hybridized carbons (Fsp3) is 0.368. The molecule has 1 amide bonds. The average Bonchev–Trinajstić information content (AvgIpc) is 3.17. The van der Waals surface area contributed by atoms with Gasteiger partial charge in [-0.2, -0.15) is 0 Å². The molecule has 1 aromatic carbocycles. The number of rotatable bonds is 5. The van der Waals surface area contributed by atoms with Crippen LogP contribution >= 0.6 is 0 Å². The molecule has 158 valence electrons. The first-order valence-electron chi connectivity index (χ1n) is 9.32. The summed E-state index contributed by atoms with van der Waals surface area (Å²) in [5.41, 5.74) is 7.11. The van der Waals surface area contributed by atoms with Gasteiger partial charge in [0.15, 0.2) is 11.5 Å². The Hall–Kier alpha value is -3.28. The highest BCUT2D eigenvalue weighted by Crippen LogP contribution is 2.21. The topological polar surface area (TPSA) is 158 Å². The minimum Gasteiger partial charge on any atom is -0.497 e. The predicted molar refractivity (Wildman–Crippen MR) is 106 cm³/mol. The fourth-order valence-electron chi connectivity index (χ4n) is 3.41. The molecule has 3 heterocycles. The van der Waals surface area contributed by atoms with Crippen LogP contribution in [0.25, 0.3) is 11.2 Å². The largest absolute Gasteiger partial charge is 0.497 e. The molecule has 0 aliphatic carbocycles. The SMILES string of the molecule is COc1cccc(C(=O)N[C@@H]2CO[C@H](Cn3cnc4c(N)ncnc43)[C@@H](O)[C@H]2O)c1. The number of benzene rings is 1. The Morgan fingerprint density at radius 1 is 1.33 bits per heavy atom. The number of imidazole rings is 1. The van der Waals surface area contributed by atoms with Gasteiger partial charge < -0.3 is 35.3 Å². The maximum absolute atomic E-state index is 12.5. The summed E-state index contributed by atoms with van der Waals surface area (Å²) in [7, 11) is 1.51. The highest BCUT2D eigenvalue weighted by molar-refractivity contribution is 5.94. The molecule has 0 bridgehead atoms. The average molecular weight is 414 g/mol. The zero-order valence-electron chi connectivity index (χ0n) is 16.2. The minimum absolute atomic E-state index is 0.0301. The van der Waals surface area contributed by atoms with Crippen molar-refractivity contribution in [2.45, 2.75) is 30.9 Å². The van der Waals surface area contributed by atoms with E-state index in [1.54, 1.807) is 28.8 Å². The van der Waals surface area contributed by atoms with E-state index >= 15 is 0 Å². The summed E-state index contributed by atoms with van der Waals surface area (Å²) in [6, 6.07) is 5.86. The molecule has 1 aliphatic heterocycles. The third kappa shape index (κ3) is 3.77. The summed E-state index contributed by atoms with van der Waals surface area (Å²) in [5.74, 6) is 0.393. The van der Waals surface area contributed by atoms with Crippen molar-refractivity contribution in [3.63, 3.8) is 0 Å². The first-order chi connectivity index (χ1) is 14.5. The number of carbonyl (C=O) groups is 1. The Labute approximate surface area is 171 Å². The Kier molecular flexibility index (Phi) is 5.48. The lowest BCUT2D eigenvalue weighted by Gasteiger charge is -2.38. The maximum Gasteiger partial charge on any atom is 0.251 e. The van der Waals surface area contributed by atoms with E-state index < -0.39 is 30.3 Å². The lowest BCUT2D eigenvalue weighted by molar-refractivity contribution is -0.152. The van der Waals surface area contributed by atoms with Crippen LogP contribution in [0.5, 0.6) is 5.75 Å². The Morgan fingerprint density at radius 3 is 2.97 bits per heavy atom. The van der Waals surface area contributed by atoms with E-state index in [4.69, 9.17) is 15.2 Å². The van der Waals surface area contributed by atoms with Crippen LogP contribution in [-0.2, 0) is 11.3 Å². The van der Waals surface area contributed by atoms with Gasteiger partial charge in [-0.15, -0.1) is 0 Å². The second kappa shape index (κ2) is 8.22. The molecular weight excluding hydrogens is 392 g/mol. The van der Waals surface area contributed by atoms with E-state index in [0.29, 0.717) is 22.5 Å². The van der Waals surface area contributed by atoms with E-state index in [-0.39, 0.29) is 19.0 Å². The highest BCUT2D eigenvalue weighted by Gasteiger charge is 2.39. The number of anilines is 1. The number of nitrogens with two attached hydrogens (primary N) is 1. The van der Waals surface area contributed by atoms with E-state index in [1.807, 2.05) is 0 Å². The van der Waals surface area contributed by atoms with Gasteiger partial charge in [-0.3, -0.25) is 4.79 Å². The first kappa shape index (κ1) is 20.0. The zero-order valence-corrected chi connectivity index (χ0v) is 16.2. The summed E-state index contributed by atoms with van der Waals surface area (Å²) in [4.78, 5) is 24.7. The molecule has 2 aromatic heterocycles. The van der Waals surface area contributed by atoms with Gasteiger partial charge in [0.2, 0.25) is 0 Å². The second-order valence-corrected chi connectivity index (χ2v) is 6.99. The van der Waals surface area contributed by atoms with Gasteiger partial charge in [0.1, 0.15) is 35.9 Å². The summed E-state index contributed by atoms with van der Waals surface area (Å²) in [6.45, 7) is 0.226. The number of nitrogens with one attached hydrogen (secondary N) is 1. The summed E-state index contributed by atoms with van der Waals surface area (Å²) in [5, 5.41) is 23.8. The highest BCUT2D eigenvalue weighted by atomic mass is 16.5. The van der Waals surface area contributed by atoms with Gasteiger partial charge in [0, 0.05) is 5.56 Å². The lowest BCUT2D eigenvalue weighted by atomic mass is 9.97. The third-order valence-electron chi connectivity index (χ3n) is 5.09. The number of amides is 1. The molecule has 4 atom stereocenters. The Morgan fingerprint density at radius 2 is 2.17 bits per heavy atom. The number of nitrogen functional groups attached to an aromatic ring is 1. The summed E-state index contributed by atoms with van der Waals surface area (Å²) in [6.07, 6.45) is -0.320. The van der Waals surface area contributed by atoms with Crippen LogP contribution in [0.2, 0.25) is 0 Å². The van der Waals surface area contributed by atoms with E-state index in [9.17, 15) is 15.0 Å². The third-order valence-corrected chi connectivity index (χ3v) is 5.09. The molecule has 1 saturated heterocycles. The molecule has 0 spiro atoms. The summed E-state index contributed by atoms with van der Waals surface area (Å²) >= 11 is 0. The number of carbonyl (C=O) groups excluding carboxylic acids is 1. The van der Waals surface area contributed by atoms with Crippen molar-refractivity contribution in [2.75, 3.05) is 19.5 Å². The standard InChI is InChI=1S/C19H22N6O5/c1-29-11-4-2-3-10(5-11)19(28)24-12-7-30-13(16(27)15(12)26)6-25-9-23-14-17(20)21-8-22-18(14)25/h2-5,8-9,12-13,15-16,26-27H,6-7H2,1H3,(H,24,28)(H2,20,21,22)/t12-,13-,15+,16-/m1/s1. The molecule has 30 heavy (non-hydrogen) atoms. The molecule has 3 aromatic rings. The Bertz CT molecular complexity index is 1060. The van der Waals surface area contributed by atoms with Crippen LogP contribution in [0, 0.1) is 0 Å². The molecule has 5 N–H and O–H groups in total. The van der Waals surface area contributed by atoms with Crippen LogP contribution < -0.4 is 15.8 Å². The van der Waals surface area contributed by atoms with Crippen molar-refractivity contribution in [3.05, 3.63) is 42.5 Å². The van der Waals surface area contributed by atoms with Crippen LogP contribution in [0.4, 0.5) is 5.82 Å². The van der Waals surface area contributed by atoms with Gasteiger partial charge >= 0.3 is 0 Å². The number of fused-ring (bicyclic) bond motifs is 1. The number of aliphatic hydroxyl groups is 2. The van der Waals surface area contributed by atoms with E-state index in [2.05, 4.69) is 20.3 Å². The Balaban J connectivity index is 1.42. The van der Waals surface area contributed by atoms with Crippen molar-refractivity contribution in [1.82, 2.24) is 24.8 Å². The molecule has 0 radical (unpaired) electrons. The minimum atomic E-state index is -1.23. The van der Waals surface area contributed by atoms with Gasteiger partial charge in [-0.05, 0) is 18.2 Å². The smallest absolute Gasteiger partial charge is 0.251 e. The number of aliphatic hydroxyl groups excluding tert-OH is 2. The molecule has 1 fully saturated rings. The second-order valence-electron chi connectivity index (χ2n) is 6.99. The number of hydrogen-bond acceptors (Lipinski definition) is 9. The van der Waals surface area contributed by atoms with Gasteiger partial charge in [-0.25, -0.2) is 15.0 Å². The predicted octanol–water partition coefficient (Wildman–Crippen LogP) is -0.664. The van der Waals surface area contributed by atoms with Crippen molar-refractivity contribution >= 4 is 22.9 Å². The number of methoxy groups -OCH3 is 1. The number of nitrogens with zero attached hydrogens (tertiary/aromatic N) is 4. The van der Waals surface area contributed by atoms with Crippen LogP contribution in [0.3, 0.4) is 0 Å². The normalized spacial score (nSPS) is 24.0. The van der Waals surface area contributed by atoms with Gasteiger partial charge in [0.05, 0.1) is 32.6 Å². The maximum atomic E-state index is 12.5. The lowest BCUT2D eigenvalue weighted by Crippen LogP contribution is -2.59. The molecule has 11 nitrogen and oxygen atoms in total. The van der Waals surface area contributed by atoms with E-state index in [0.717, 1.165) is 0 Å². The van der Waals surface area contributed by atoms with Crippen LogP contribution in [0.15, 0.2) is 36.9 Å². The van der Waals surface area contributed by atoms with Crippen LogP contribution in [0.1, 0.15) is 10.4 Å². The van der Waals surface area contributed by atoms with Crippen molar-refractivity contribution in [1.29, 1.82) is 0 Å². The molecular formula is C19H22N6O5. The molecule has 4 rings (SSSR count). The molecule has 0 saturated carbocycles. The molecule has 0 unspecified atom stereocenters. The summed E-state index contributed by atoms with van der Waals surface area (Å²) < 4.78 is 12.5. The quantitative estimate of drug-likeness (QED) is 0.425. The molecule has 1 aliphatic rings. The number of ether oxygens (including phenoxy) is 2. The number of aromatic nitrogens is 4. The first-order valence-corrected chi connectivity index (χ1v) is 9.32. The van der Waals surface area contributed by atoms with Gasteiger partial charge in [-0.1, -0.05) is 6.07 Å². The van der Waals surface area contributed by atoms with E-state index in [1.165, 1.54) is 19.8 Å². The number of hydrogen-bond donors (Lipinski definition) is 4. The van der Waals surface area contributed by atoms with Gasteiger partial charge in [0.25, 0.3) is 5.91 Å².